The molecule has 1 fully saturated rings. The number of hydrogen-bond donors (Lipinski definition) is 1. The highest BCUT2D eigenvalue weighted by Crippen LogP contribution is 2.37. The van der Waals surface area contributed by atoms with Crippen LogP contribution in [-0.2, 0) is 0 Å². The van der Waals surface area contributed by atoms with Gasteiger partial charge in [0, 0.05) is 17.8 Å². The van der Waals surface area contributed by atoms with Crippen molar-refractivity contribution in [2.75, 3.05) is 25.4 Å². The van der Waals surface area contributed by atoms with Gasteiger partial charge in [-0.15, -0.1) is 24.0 Å². The Hall–Kier alpha value is 0.350. The van der Waals surface area contributed by atoms with E-state index in [0.29, 0.717) is 10.7 Å². The van der Waals surface area contributed by atoms with Gasteiger partial charge < -0.3 is 10.6 Å². The molecule has 0 spiro atoms. The molecular weight excluding hydrogens is 333 g/mol. The lowest BCUT2D eigenvalue weighted by Crippen LogP contribution is -2.38. The topological polar surface area (TPSA) is 41.6 Å². The van der Waals surface area contributed by atoms with E-state index in [1.165, 1.54) is 18.6 Å². The van der Waals surface area contributed by atoms with Crippen molar-refractivity contribution >= 4 is 41.7 Å². The van der Waals surface area contributed by atoms with E-state index in [2.05, 4.69) is 30.7 Å². The predicted octanol–water partition coefficient (Wildman–Crippen LogP) is 2.55. The summed E-state index contributed by atoms with van der Waals surface area (Å²) in [6.45, 7) is 9.25. The lowest BCUT2D eigenvalue weighted by molar-refractivity contribution is 0.456. The highest BCUT2D eigenvalue weighted by atomic mass is 127. The van der Waals surface area contributed by atoms with Crippen LogP contribution >= 0.6 is 35.7 Å². The monoisotopic (exact) mass is 357 g/mol. The first-order valence-electron chi connectivity index (χ1n) is 5.80. The summed E-state index contributed by atoms with van der Waals surface area (Å²) in [5, 5.41) is 0. The van der Waals surface area contributed by atoms with Gasteiger partial charge in [0.1, 0.15) is 0 Å². The maximum absolute atomic E-state index is 5.94. The van der Waals surface area contributed by atoms with Gasteiger partial charge in [-0.25, -0.2) is 0 Å². The van der Waals surface area contributed by atoms with E-state index >= 15 is 0 Å². The molecule has 0 radical (unpaired) electrons. The maximum Gasteiger partial charge on any atom is 0.191 e. The van der Waals surface area contributed by atoms with Crippen LogP contribution in [0.1, 0.15) is 33.6 Å². The van der Waals surface area contributed by atoms with Crippen LogP contribution in [0.15, 0.2) is 4.99 Å². The van der Waals surface area contributed by atoms with E-state index in [1.807, 2.05) is 11.8 Å². The molecule has 3 nitrogen and oxygen atoms in total. The van der Waals surface area contributed by atoms with E-state index in [1.54, 1.807) is 0 Å². The Morgan fingerprint density at radius 2 is 2.06 bits per heavy atom. The zero-order chi connectivity index (χ0) is 11.3. The second-order valence-electron chi connectivity index (χ2n) is 4.25. The molecule has 1 heterocycles. The molecule has 1 atom stereocenters. The number of thioether (sulfide) groups is 1. The first kappa shape index (κ1) is 16.4. The Morgan fingerprint density at radius 1 is 1.44 bits per heavy atom. The van der Waals surface area contributed by atoms with Crippen LogP contribution in [0.2, 0.25) is 0 Å². The minimum Gasteiger partial charge on any atom is -0.370 e. The minimum absolute atomic E-state index is 0. The molecule has 16 heavy (non-hydrogen) atoms. The molecule has 1 rings (SSSR count). The highest BCUT2D eigenvalue weighted by Gasteiger charge is 2.29. The van der Waals surface area contributed by atoms with Crippen molar-refractivity contribution in [1.29, 1.82) is 0 Å². The summed E-state index contributed by atoms with van der Waals surface area (Å²) in [6, 6.07) is 0. The van der Waals surface area contributed by atoms with Crippen molar-refractivity contribution in [3.8, 4) is 0 Å². The van der Waals surface area contributed by atoms with Crippen molar-refractivity contribution in [2.45, 2.75) is 38.4 Å². The Kier molecular flexibility index (Phi) is 7.80. The van der Waals surface area contributed by atoms with Crippen molar-refractivity contribution in [2.24, 2.45) is 10.7 Å². The fourth-order valence-electron chi connectivity index (χ4n) is 1.86. The molecule has 1 aliphatic heterocycles. The third kappa shape index (κ3) is 4.69. The number of guanidine groups is 1. The normalized spacial score (nSPS) is 25.3. The Labute approximate surface area is 121 Å². The summed E-state index contributed by atoms with van der Waals surface area (Å²) in [5.74, 6) is 1.98. The number of aliphatic imine (C=N–C) groups is 1. The van der Waals surface area contributed by atoms with Crippen LogP contribution in [0, 0.1) is 0 Å². The molecule has 0 amide bonds. The Bertz CT molecular complexity index is 223. The number of hydrogen-bond acceptors (Lipinski definition) is 2. The van der Waals surface area contributed by atoms with Gasteiger partial charge in [-0.3, -0.25) is 4.99 Å². The van der Waals surface area contributed by atoms with Gasteiger partial charge in [0.05, 0.1) is 6.54 Å². The molecule has 5 heteroatoms. The number of nitrogens with two attached hydrogens (primary N) is 1. The summed E-state index contributed by atoms with van der Waals surface area (Å²) < 4.78 is 0.331. The molecule has 1 unspecified atom stereocenters. The number of halogens is 1. The lowest BCUT2D eigenvalue weighted by atomic mass is 10.1. The second-order valence-corrected chi connectivity index (χ2v) is 5.93. The molecule has 96 valence electrons. The molecule has 0 bridgehead atoms. The van der Waals surface area contributed by atoms with Crippen LogP contribution in [0.5, 0.6) is 0 Å². The fourth-order valence-corrected chi connectivity index (χ4v) is 3.08. The van der Waals surface area contributed by atoms with Gasteiger partial charge in [0.2, 0.25) is 0 Å². The van der Waals surface area contributed by atoms with Crippen LogP contribution in [0.3, 0.4) is 0 Å². The minimum atomic E-state index is 0. The van der Waals surface area contributed by atoms with Gasteiger partial charge in [0.25, 0.3) is 0 Å². The average molecular weight is 357 g/mol. The molecule has 0 aromatic rings. The SMILES string of the molecule is CCN(CC)C(N)=NCC1(C)CCCS1.I. The molecule has 0 aromatic carbocycles. The average Bonchev–Trinajstić information content (AvgIpc) is 2.65. The van der Waals surface area contributed by atoms with E-state index in [4.69, 9.17) is 5.73 Å². The third-order valence-electron chi connectivity index (χ3n) is 2.96. The highest BCUT2D eigenvalue weighted by molar-refractivity contribution is 14.0. The molecule has 0 aromatic heterocycles. The molecule has 1 aliphatic rings. The van der Waals surface area contributed by atoms with Crippen molar-refractivity contribution in [3.63, 3.8) is 0 Å². The smallest absolute Gasteiger partial charge is 0.191 e. The standard InChI is InChI=1S/C11H23N3S.HI/c1-4-14(5-2)10(12)13-9-11(3)7-6-8-15-11;/h4-9H2,1-3H3,(H2,12,13);1H. The van der Waals surface area contributed by atoms with Gasteiger partial charge in [0.15, 0.2) is 5.96 Å². The van der Waals surface area contributed by atoms with E-state index in [-0.39, 0.29) is 24.0 Å². The third-order valence-corrected chi connectivity index (χ3v) is 4.49. The van der Waals surface area contributed by atoms with E-state index in [0.717, 1.165) is 19.6 Å². The first-order valence-corrected chi connectivity index (χ1v) is 6.78. The van der Waals surface area contributed by atoms with E-state index in [9.17, 15) is 0 Å². The molecule has 0 aliphatic carbocycles. The molecule has 1 saturated heterocycles. The summed E-state index contributed by atoms with van der Waals surface area (Å²) in [4.78, 5) is 6.62. The number of rotatable bonds is 4. The summed E-state index contributed by atoms with van der Waals surface area (Å²) in [5.41, 5.74) is 5.94. The van der Waals surface area contributed by atoms with Gasteiger partial charge in [-0.1, -0.05) is 0 Å². The van der Waals surface area contributed by atoms with Crippen molar-refractivity contribution < 1.29 is 0 Å². The zero-order valence-electron chi connectivity index (χ0n) is 10.5. The first-order chi connectivity index (χ1) is 7.11. The fraction of sp³-hybridized carbons (Fsp3) is 0.909. The van der Waals surface area contributed by atoms with Crippen molar-refractivity contribution in [3.05, 3.63) is 0 Å². The predicted molar refractivity (Wildman–Crippen MR) is 84.9 cm³/mol. The number of nitrogens with zero attached hydrogens (tertiary/aromatic N) is 2. The Balaban J connectivity index is 0.00000225. The zero-order valence-corrected chi connectivity index (χ0v) is 13.7. The van der Waals surface area contributed by atoms with E-state index < -0.39 is 0 Å². The second kappa shape index (κ2) is 7.63. The summed E-state index contributed by atoms with van der Waals surface area (Å²) in [6.07, 6.45) is 2.59. The molecular formula is C11H24IN3S. The largest absolute Gasteiger partial charge is 0.370 e. The quantitative estimate of drug-likeness (QED) is 0.478. The molecule has 0 saturated carbocycles. The summed E-state index contributed by atoms with van der Waals surface area (Å²) >= 11 is 2.03. The lowest BCUT2D eigenvalue weighted by Gasteiger charge is -2.23. The van der Waals surface area contributed by atoms with Crippen LogP contribution < -0.4 is 5.73 Å². The van der Waals surface area contributed by atoms with Crippen LogP contribution in [0.25, 0.3) is 0 Å². The van der Waals surface area contributed by atoms with Crippen molar-refractivity contribution in [1.82, 2.24) is 4.90 Å². The van der Waals surface area contributed by atoms with Crippen LogP contribution in [-0.4, -0.2) is 41.0 Å². The maximum atomic E-state index is 5.94. The van der Waals surface area contributed by atoms with Gasteiger partial charge in [-0.2, -0.15) is 11.8 Å². The van der Waals surface area contributed by atoms with Crippen LogP contribution in [0.4, 0.5) is 0 Å². The van der Waals surface area contributed by atoms with Gasteiger partial charge in [-0.05, 0) is 39.4 Å². The van der Waals surface area contributed by atoms with Gasteiger partial charge >= 0.3 is 0 Å². The molecule has 2 N–H and O–H groups in total. The summed E-state index contributed by atoms with van der Waals surface area (Å²) in [7, 11) is 0. The Morgan fingerprint density at radius 3 is 2.50 bits per heavy atom.